The van der Waals surface area contributed by atoms with Crippen molar-refractivity contribution in [2.24, 2.45) is 0 Å². The Bertz CT molecular complexity index is 2030. The number of benzene rings is 2. The number of aryl methyl sites for hydroxylation is 2. The van der Waals surface area contributed by atoms with Crippen molar-refractivity contribution in [3.63, 3.8) is 0 Å². The number of hydrogen-bond acceptors (Lipinski definition) is 6. The van der Waals surface area contributed by atoms with E-state index in [0.29, 0.717) is 0 Å². The van der Waals surface area contributed by atoms with E-state index in [4.69, 9.17) is 0 Å². The molecule has 0 bridgehead atoms. The van der Waals surface area contributed by atoms with Gasteiger partial charge in [-0.25, -0.2) is 0 Å². The van der Waals surface area contributed by atoms with Crippen LogP contribution in [0, 0.1) is 13.8 Å². The SMILES string of the molecule is Cc1ccc(-c2ccc(-c3ccc(-c4ccc(-c5ccc(-c6ccc(-c7ccc(-c8ccc(C)cc8)s7)s6)s5)s4)s3)s2)cc1. The average molecular weight is 675 g/mol. The molecular formula is C38H26S6. The van der Waals surface area contributed by atoms with Gasteiger partial charge in [-0.15, -0.1) is 68.0 Å². The average Bonchev–Trinajstić information content (AvgIpc) is 3.88. The molecule has 0 radical (unpaired) electrons. The van der Waals surface area contributed by atoms with Crippen molar-refractivity contribution in [1.82, 2.24) is 0 Å². The predicted molar refractivity (Wildman–Crippen MR) is 201 cm³/mol. The molecule has 6 heterocycles. The molecule has 8 rings (SSSR count). The molecule has 6 aromatic heterocycles. The lowest BCUT2D eigenvalue weighted by atomic mass is 10.1. The predicted octanol–water partition coefficient (Wildman–Crippen LogP) is 14.3. The fraction of sp³-hybridized carbons (Fsp3) is 0.0526. The quantitative estimate of drug-likeness (QED) is 0.158. The Morgan fingerprint density at radius 1 is 0.227 bits per heavy atom. The minimum atomic E-state index is 1.29. The van der Waals surface area contributed by atoms with Crippen LogP contribution >= 0.6 is 68.0 Å². The summed E-state index contributed by atoms with van der Waals surface area (Å²) in [6.45, 7) is 4.27. The molecule has 0 N–H and O–H groups in total. The van der Waals surface area contributed by atoms with Crippen LogP contribution in [0.2, 0.25) is 0 Å². The number of rotatable bonds is 7. The third-order valence-corrected chi connectivity index (χ3v) is 15.1. The molecule has 0 saturated heterocycles. The van der Waals surface area contributed by atoms with Gasteiger partial charge in [0.1, 0.15) is 0 Å². The molecule has 2 aromatic carbocycles. The molecule has 0 nitrogen and oxygen atoms in total. The Labute approximate surface area is 281 Å². The summed E-state index contributed by atoms with van der Waals surface area (Å²) < 4.78 is 0. The first-order valence-electron chi connectivity index (χ1n) is 14.3. The maximum atomic E-state index is 2.29. The molecule has 214 valence electrons. The van der Waals surface area contributed by atoms with Crippen molar-refractivity contribution in [2.45, 2.75) is 13.8 Å². The summed E-state index contributed by atoms with van der Waals surface area (Å²) in [6, 6.07) is 44.9. The summed E-state index contributed by atoms with van der Waals surface area (Å²) in [4.78, 5) is 16.0. The van der Waals surface area contributed by atoms with E-state index in [1.54, 1.807) is 0 Å². The third-order valence-electron chi connectivity index (χ3n) is 7.52. The van der Waals surface area contributed by atoms with Crippen LogP contribution in [-0.2, 0) is 0 Å². The monoisotopic (exact) mass is 674 g/mol. The van der Waals surface area contributed by atoms with Gasteiger partial charge >= 0.3 is 0 Å². The van der Waals surface area contributed by atoms with Gasteiger partial charge in [0.15, 0.2) is 0 Å². The van der Waals surface area contributed by atoms with E-state index in [2.05, 4.69) is 135 Å². The Hall–Kier alpha value is -3.36. The van der Waals surface area contributed by atoms with Gasteiger partial charge in [0.05, 0.1) is 0 Å². The van der Waals surface area contributed by atoms with E-state index in [0.717, 1.165) is 0 Å². The first-order chi connectivity index (χ1) is 21.6. The van der Waals surface area contributed by atoms with Gasteiger partial charge in [0.25, 0.3) is 0 Å². The van der Waals surface area contributed by atoms with Crippen molar-refractivity contribution in [3.05, 3.63) is 132 Å². The topological polar surface area (TPSA) is 0 Å². The van der Waals surface area contributed by atoms with Crippen LogP contribution in [0.5, 0.6) is 0 Å². The summed E-state index contributed by atoms with van der Waals surface area (Å²) in [6.07, 6.45) is 0. The standard InChI is InChI=1S/C38H26S6/c1-23-3-7-25(8-4-23)27-11-13-29(39-27)31-15-17-33(41-31)35-19-21-37(43-35)38-22-20-36(44-38)34-18-16-32(42-34)30-14-12-28(40-30)26-9-5-24(2)6-10-26/h3-22H,1-2H3. The highest BCUT2D eigenvalue weighted by Crippen LogP contribution is 2.46. The molecule has 0 aliphatic rings. The Balaban J connectivity index is 0.980. The van der Waals surface area contributed by atoms with E-state index >= 15 is 0 Å². The van der Waals surface area contributed by atoms with E-state index in [1.807, 2.05) is 68.0 Å². The molecule has 0 spiro atoms. The number of thiophene rings is 6. The van der Waals surface area contributed by atoms with Crippen molar-refractivity contribution in [2.75, 3.05) is 0 Å². The Morgan fingerprint density at radius 3 is 0.636 bits per heavy atom. The molecule has 0 fully saturated rings. The van der Waals surface area contributed by atoms with Crippen LogP contribution in [0.1, 0.15) is 11.1 Å². The lowest BCUT2D eigenvalue weighted by Gasteiger charge is -1.97. The van der Waals surface area contributed by atoms with Crippen molar-refractivity contribution < 1.29 is 0 Å². The maximum Gasteiger partial charge on any atom is 0.0449 e. The summed E-state index contributed by atoms with van der Waals surface area (Å²) in [5.74, 6) is 0. The molecule has 8 aromatic rings. The van der Waals surface area contributed by atoms with Crippen LogP contribution in [-0.4, -0.2) is 0 Å². The van der Waals surface area contributed by atoms with Crippen LogP contribution < -0.4 is 0 Å². The molecule has 0 saturated carbocycles. The fourth-order valence-electron chi connectivity index (χ4n) is 5.10. The molecule has 0 aliphatic carbocycles. The van der Waals surface area contributed by atoms with Gasteiger partial charge in [0.2, 0.25) is 0 Å². The minimum Gasteiger partial charge on any atom is -0.134 e. The first kappa shape index (κ1) is 28.1. The van der Waals surface area contributed by atoms with Gasteiger partial charge < -0.3 is 0 Å². The molecule has 44 heavy (non-hydrogen) atoms. The summed E-state index contributed by atoms with van der Waals surface area (Å²) in [5, 5.41) is 0. The van der Waals surface area contributed by atoms with Crippen LogP contribution in [0.15, 0.2) is 121 Å². The highest BCUT2D eigenvalue weighted by atomic mass is 32.1. The fourth-order valence-corrected chi connectivity index (χ4v) is 11.6. The summed E-state index contributed by atoms with van der Waals surface area (Å²) in [5.41, 5.74) is 5.18. The Kier molecular flexibility index (Phi) is 7.58. The summed E-state index contributed by atoms with van der Waals surface area (Å²) in [7, 11) is 0. The molecular weight excluding hydrogens is 649 g/mol. The molecule has 0 unspecified atom stereocenters. The van der Waals surface area contributed by atoms with Crippen molar-refractivity contribution in [3.8, 4) is 69.7 Å². The minimum absolute atomic E-state index is 1.29. The van der Waals surface area contributed by atoms with Gasteiger partial charge in [-0.05, 0) is 97.8 Å². The highest BCUT2D eigenvalue weighted by molar-refractivity contribution is 7.30. The Morgan fingerprint density at radius 2 is 0.409 bits per heavy atom. The highest BCUT2D eigenvalue weighted by Gasteiger charge is 2.14. The van der Waals surface area contributed by atoms with Crippen LogP contribution in [0.3, 0.4) is 0 Å². The normalized spacial score (nSPS) is 11.4. The van der Waals surface area contributed by atoms with Gasteiger partial charge in [-0.3, -0.25) is 0 Å². The zero-order valence-corrected chi connectivity index (χ0v) is 28.9. The lowest BCUT2D eigenvalue weighted by Crippen LogP contribution is -1.72. The second kappa shape index (κ2) is 11.9. The smallest absolute Gasteiger partial charge is 0.0449 e. The van der Waals surface area contributed by atoms with Crippen molar-refractivity contribution in [1.29, 1.82) is 0 Å². The molecule has 6 heteroatoms. The summed E-state index contributed by atoms with van der Waals surface area (Å²) >= 11 is 11.3. The van der Waals surface area contributed by atoms with Crippen molar-refractivity contribution >= 4 is 68.0 Å². The second-order valence-corrected chi connectivity index (χ2v) is 17.2. The van der Waals surface area contributed by atoms with Gasteiger partial charge in [-0.1, -0.05) is 59.7 Å². The van der Waals surface area contributed by atoms with E-state index in [9.17, 15) is 0 Å². The molecule has 0 atom stereocenters. The van der Waals surface area contributed by atoms with E-state index in [-0.39, 0.29) is 0 Å². The van der Waals surface area contributed by atoms with Gasteiger partial charge in [0, 0.05) is 58.5 Å². The lowest BCUT2D eigenvalue weighted by molar-refractivity contribution is 1.48. The van der Waals surface area contributed by atoms with Gasteiger partial charge in [-0.2, -0.15) is 0 Å². The molecule has 0 aliphatic heterocycles. The van der Waals surface area contributed by atoms with Crippen LogP contribution in [0.25, 0.3) is 69.7 Å². The van der Waals surface area contributed by atoms with E-state index < -0.39 is 0 Å². The third kappa shape index (κ3) is 5.63. The molecule has 0 amide bonds. The zero-order valence-electron chi connectivity index (χ0n) is 24.0. The van der Waals surface area contributed by atoms with E-state index in [1.165, 1.54) is 80.8 Å². The first-order valence-corrected chi connectivity index (χ1v) is 19.2. The largest absolute Gasteiger partial charge is 0.134 e. The number of hydrogen-bond donors (Lipinski definition) is 0. The second-order valence-electron chi connectivity index (χ2n) is 10.7. The van der Waals surface area contributed by atoms with Crippen LogP contribution in [0.4, 0.5) is 0 Å². The maximum absolute atomic E-state index is 2.29. The zero-order chi connectivity index (χ0) is 29.6.